The Morgan fingerprint density at radius 1 is 0.944 bits per heavy atom. The van der Waals surface area contributed by atoms with Crippen LogP contribution < -0.4 is 0 Å². The van der Waals surface area contributed by atoms with Crippen molar-refractivity contribution in [3.05, 3.63) is 70.8 Å². The summed E-state index contributed by atoms with van der Waals surface area (Å²) in [6.45, 7) is 1.83. The Balaban J connectivity index is 2.18. The van der Waals surface area contributed by atoms with Crippen molar-refractivity contribution in [2.75, 3.05) is 0 Å². The van der Waals surface area contributed by atoms with Crippen molar-refractivity contribution < 1.29 is 10.2 Å². The predicted molar refractivity (Wildman–Crippen MR) is 72.2 cm³/mol. The van der Waals surface area contributed by atoms with Gasteiger partial charge in [0.15, 0.2) is 0 Å². The van der Waals surface area contributed by atoms with Crippen LogP contribution in [0.1, 0.15) is 35.3 Å². The van der Waals surface area contributed by atoms with E-state index in [1.54, 1.807) is 6.92 Å². The van der Waals surface area contributed by atoms with Crippen molar-refractivity contribution >= 4 is 0 Å². The fourth-order valence-electron chi connectivity index (χ4n) is 2.02. The first-order chi connectivity index (χ1) is 8.70. The minimum absolute atomic E-state index is 0.0714. The van der Waals surface area contributed by atoms with Gasteiger partial charge in [0.05, 0.1) is 12.7 Å². The number of benzene rings is 2. The van der Waals surface area contributed by atoms with Crippen LogP contribution in [0.3, 0.4) is 0 Å². The highest BCUT2D eigenvalue weighted by Gasteiger charge is 2.04. The van der Waals surface area contributed by atoms with Crippen LogP contribution in [-0.4, -0.2) is 10.2 Å². The molecule has 0 amide bonds. The lowest BCUT2D eigenvalue weighted by Gasteiger charge is -2.09. The monoisotopic (exact) mass is 242 g/mol. The maximum absolute atomic E-state index is 9.45. The van der Waals surface area contributed by atoms with Gasteiger partial charge in [-0.15, -0.1) is 0 Å². The van der Waals surface area contributed by atoms with Crippen LogP contribution in [-0.2, 0) is 13.0 Å². The zero-order chi connectivity index (χ0) is 13.0. The average Bonchev–Trinajstić information content (AvgIpc) is 2.40. The first-order valence-electron chi connectivity index (χ1n) is 6.15. The molecule has 0 saturated heterocycles. The van der Waals surface area contributed by atoms with E-state index in [1.807, 2.05) is 48.5 Å². The van der Waals surface area contributed by atoms with Crippen LogP contribution in [0.4, 0.5) is 0 Å². The highest BCUT2D eigenvalue weighted by atomic mass is 16.3. The lowest BCUT2D eigenvalue weighted by Crippen LogP contribution is -1.96. The van der Waals surface area contributed by atoms with E-state index >= 15 is 0 Å². The number of hydrogen-bond donors (Lipinski definition) is 2. The van der Waals surface area contributed by atoms with Gasteiger partial charge in [0, 0.05) is 0 Å². The summed E-state index contributed by atoms with van der Waals surface area (Å²) in [5.41, 5.74) is 4.22. The minimum atomic E-state index is -0.427. The number of hydrogen-bond acceptors (Lipinski definition) is 2. The molecule has 0 saturated carbocycles. The van der Waals surface area contributed by atoms with Gasteiger partial charge in [0.25, 0.3) is 0 Å². The van der Waals surface area contributed by atoms with Crippen molar-refractivity contribution in [2.45, 2.75) is 26.1 Å². The van der Waals surface area contributed by atoms with E-state index in [0.717, 1.165) is 23.1 Å². The van der Waals surface area contributed by atoms with E-state index in [4.69, 9.17) is 0 Å². The number of aliphatic hydroxyl groups is 2. The summed E-state index contributed by atoms with van der Waals surface area (Å²) in [6.07, 6.45) is 0.375. The molecule has 0 bridgehead atoms. The second-order valence-corrected chi connectivity index (χ2v) is 4.52. The zero-order valence-corrected chi connectivity index (χ0v) is 10.5. The van der Waals surface area contributed by atoms with E-state index in [1.165, 1.54) is 5.56 Å². The van der Waals surface area contributed by atoms with Gasteiger partial charge in [-0.3, -0.25) is 0 Å². The van der Waals surface area contributed by atoms with E-state index in [9.17, 15) is 10.2 Å². The molecule has 0 spiro atoms. The lowest BCUT2D eigenvalue weighted by atomic mass is 9.99. The molecule has 1 atom stereocenters. The molecule has 0 fully saturated rings. The zero-order valence-electron chi connectivity index (χ0n) is 10.5. The van der Waals surface area contributed by atoms with Gasteiger partial charge in [0.1, 0.15) is 0 Å². The fourth-order valence-corrected chi connectivity index (χ4v) is 2.02. The van der Waals surface area contributed by atoms with Crippen LogP contribution in [0.2, 0.25) is 0 Å². The summed E-state index contributed by atoms with van der Waals surface area (Å²) in [4.78, 5) is 0. The topological polar surface area (TPSA) is 40.5 Å². The molecule has 2 aromatic rings. The molecular formula is C16H18O2. The first kappa shape index (κ1) is 12.8. The Kier molecular flexibility index (Phi) is 4.13. The molecule has 0 aliphatic rings. The van der Waals surface area contributed by atoms with E-state index in [0.29, 0.717) is 0 Å². The molecule has 2 nitrogen and oxygen atoms in total. The molecule has 0 radical (unpaired) electrons. The molecule has 0 aliphatic heterocycles. The summed E-state index contributed by atoms with van der Waals surface area (Å²) < 4.78 is 0. The molecule has 1 unspecified atom stereocenters. The van der Waals surface area contributed by atoms with Gasteiger partial charge in [-0.25, -0.2) is 0 Å². The van der Waals surface area contributed by atoms with Crippen LogP contribution in [0.5, 0.6) is 0 Å². The van der Waals surface area contributed by atoms with Crippen LogP contribution in [0.15, 0.2) is 48.5 Å². The minimum Gasteiger partial charge on any atom is -0.392 e. The van der Waals surface area contributed by atoms with Crippen LogP contribution in [0, 0.1) is 0 Å². The summed E-state index contributed by atoms with van der Waals surface area (Å²) in [6, 6.07) is 15.8. The Bertz CT molecular complexity index is 501. The van der Waals surface area contributed by atoms with Crippen molar-refractivity contribution in [2.24, 2.45) is 0 Å². The van der Waals surface area contributed by atoms with E-state index in [2.05, 4.69) is 0 Å². The predicted octanol–water partition coefficient (Wildman–Crippen LogP) is 2.82. The maximum Gasteiger partial charge on any atom is 0.0761 e. The molecule has 2 N–H and O–H groups in total. The molecule has 0 aromatic heterocycles. The van der Waals surface area contributed by atoms with Gasteiger partial charge in [-0.05, 0) is 35.6 Å². The Hall–Kier alpha value is -1.64. The summed E-state index contributed by atoms with van der Waals surface area (Å²) >= 11 is 0. The largest absolute Gasteiger partial charge is 0.392 e. The SMILES string of the molecule is CC(O)c1ccc(Cc2ccccc2CO)cc1. The fraction of sp³-hybridized carbons (Fsp3) is 0.250. The summed E-state index contributed by atoms with van der Waals surface area (Å²) in [5.74, 6) is 0. The highest BCUT2D eigenvalue weighted by molar-refractivity contribution is 5.33. The molecule has 0 heterocycles. The van der Waals surface area contributed by atoms with Gasteiger partial charge in [0.2, 0.25) is 0 Å². The number of rotatable bonds is 4. The van der Waals surface area contributed by atoms with Gasteiger partial charge in [-0.1, -0.05) is 48.5 Å². The molecule has 2 heteroatoms. The number of aliphatic hydroxyl groups excluding tert-OH is 2. The second-order valence-electron chi connectivity index (χ2n) is 4.52. The van der Waals surface area contributed by atoms with Crippen LogP contribution >= 0.6 is 0 Å². The standard InChI is InChI=1S/C16H18O2/c1-12(18)14-8-6-13(7-9-14)10-15-4-2-3-5-16(15)11-17/h2-9,12,17-18H,10-11H2,1H3. The molecule has 18 heavy (non-hydrogen) atoms. The smallest absolute Gasteiger partial charge is 0.0761 e. The Morgan fingerprint density at radius 3 is 2.11 bits per heavy atom. The van der Waals surface area contributed by atoms with Crippen LogP contribution in [0.25, 0.3) is 0 Å². The molecular weight excluding hydrogens is 224 g/mol. The quantitative estimate of drug-likeness (QED) is 0.865. The Labute approximate surface area is 108 Å². The van der Waals surface area contributed by atoms with E-state index in [-0.39, 0.29) is 6.61 Å². The molecule has 2 aromatic carbocycles. The van der Waals surface area contributed by atoms with Gasteiger partial charge in [-0.2, -0.15) is 0 Å². The Morgan fingerprint density at radius 2 is 1.56 bits per heavy atom. The van der Waals surface area contributed by atoms with Gasteiger partial charge < -0.3 is 10.2 Å². The normalized spacial score (nSPS) is 12.4. The third-order valence-electron chi connectivity index (χ3n) is 3.15. The molecule has 0 aliphatic carbocycles. The first-order valence-corrected chi connectivity index (χ1v) is 6.15. The van der Waals surface area contributed by atoms with E-state index < -0.39 is 6.10 Å². The summed E-state index contributed by atoms with van der Waals surface area (Å²) in [7, 11) is 0. The van der Waals surface area contributed by atoms with Crippen molar-refractivity contribution in [1.82, 2.24) is 0 Å². The average molecular weight is 242 g/mol. The molecule has 94 valence electrons. The summed E-state index contributed by atoms with van der Waals surface area (Å²) in [5, 5.41) is 18.7. The third kappa shape index (κ3) is 2.97. The van der Waals surface area contributed by atoms with Gasteiger partial charge >= 0.3 is 0 Å². The van der Waals surface area contributed by atoms with Crippen molar-refractivity contribution in [3.8, 4) is 0 Å². The maximum atomic E-state index is 9.45. The highest BCUT2D eigenvalue weighted by Crippen LogP contribution is 2.17. The second kappa shape index (κ2) is 5.80. The van der Waals surface area contributed by atoms with Crippen molar-refractivity contribution in [1.29, 1.82) is 0 Å². The third-order valence-corrected chi connectivity index (χ3v) is 3.15. The lowest BCUT2D eigenvalue weighted by molar-refractivity contribution is 0.199. The van der Waals surface area contributed by atoms with Crippen molar-refractivity contribution in [3.63, 3.8) is 0 Å². The molecule has 2 rings (SSSR count).